The zero-order valence-electron chi connectivity index (χ0n) is 18.9. The van der Waals surface area contributed by atoms with E-state index in [-0.39, 0.29) is 17.4 Å². The molecular weight excluding hydrogens is 372 g/mol. The third-order valence-corrected chi connectivity index (χ3v) is 6.12. The van der Waals surface area contributed by atoms with Gasteiger partial charge in [-0.2, -0.15) is 5.10 Å². The van der Waals surface area contributed by atoms with E-state index in [2.05, 4.69) is 62.4 Å². The minimum Gasteiger partial charge on any atom is -0.345 e. The number of amides is 1. The Morgan fingerprint density at radius 3 is 2.47 bits per heavy atom. The Morgan fingerprint density at radius 1 is 1.23 bits per heavy atom. The van der Waals surface area contributed by atoms with Gasteiger partial charge >= 0.3 is 0 Å². The highest BCUT2D eigenvalue weighted by molar-refractivity contribution is 6.06. The molecule has 1 atom stereocenters. The lowest BCUT2D eigenvalue weighted by Gasteiger charge is -2.22. The number of carbonyl (C=O) groups is 1. The van der Waals surface area contributed by atoms with Crippen LogP contribution >= 0.6 is 0 Å². The number of aromatic nitrogens is 3. The Balaban J connectivity index is 1.66. The monoisotopic (exact) mass is 404 g/mol. The van der Waals surface area contributed by atoms with Crippen LogP contribution < -0.4 is 5.32 Å². The number of benzene rings is 1. The van der Waals surface area contributed by atoms with Crippen LogP contribution in [0.1, 0.15) is 91.8 Å². The van der Waals surface area contributed by atoms with Crippen molar-refractivity contribution < 1.29 is 4.79 Å². The van der Waals surface area contributed by atoms with E-state index >= 15 is 0 Å². The molecule has 2 heterocycles. The van der Waals surface area contributed by atoms with Gasteiger partial charge in [0.1, 0.15) is 0 Å². The van der Waals surface area contributed by atoms with Gasteiger partial charge in [-0.3, -0.25) is 9.48 Å². The lowest BCUT2D eigenvalue weighted by atomic mass is 9.86. The number of nitrogens with zero attached hydrogens (tertiary/aromatic N) is 3. The van der Waals surface area contributed by atoms with Crippen LogP contribution in [0, 0.1) is 6.92 Å². The van der Waals surface area contributed by atoms with Crippen LogP contribution in [0.4, 0.5) is 0 Å². The van der Waals surface area contributed by atoms with Gasteiger partial charge in [-0.25, -0.2) is 4.98 Å². The first-order chi connectivity index (χ1) is 14.2. The fourth-order valence-corrected chi connectivity index (χ4v) is 4.10. The molecule has 2 aromatic heterocycles. The highest BCUT2D eigenvalue weighted by atomic mass is 16.1. The standard InChI is InChI=1S/C25H32N4O/c1-7-20(16-10-12-18(13-11-16)25(3,4)5)27-24(30)19-14-21(17-8-9-17)26-23-22(19)15(2)28-29(23)6/h10-14,17,20H,7-9H2,1-6H3,(H,27,30)/t20-/m0/s1. The first-order valence-electron chi connectivity index (χ1n) is 10.9. The topological polar surface area (TPSA) is 59.8 Å². The molecular formula is C25H32N4O. The highest BCUT2D eigenvalue weighted by Crippen LogP contribution is 2.40. The summed E-state index contributed by atoms with van der Waals surface area (Å²) in [5.41, 5.74) is 5.89. The molecule has 3 aromatic rings. The van der Waals surface area contributed by atoms with Crippen LogP contribution in [0.25, 0.3) is 11.0 Å². The molecule has 1 saturated carbocycles. The molecule has 158 valence electrons. The maximum Gasteiger partial charge on any atom is 0.252 e. The summed E-state index contributed by atoms with van der Waals surface area (Å²) < 4.78 is 1.79. The first-order valence-corrected chi connectivity index (χ1v) is 10.9. The third-order valence-electron chi connectivity index (χ3n) is 6.12. The number of hydrogen-bond donors (Lipinski definition) is 1. The summed E-state index contributed by atoms with van der Waals surface area (Å²) in [4.78, 5) is 18.2. The van der Waals surface area contributed by atoms with Gasteiger partial charge in [-0.05, 0) is 48.8 Å². The van der Waals surface area contributed by atoms with E-state index < -0.39 is 0 Å². The van der Waals surface area contributed by atoms with Crippen molar-refractivity contribution in [1.29, 1.82) is 0 Å². The average molecular weight is 405 g/mol. The summed E-state index contributed by atoms with van der Waals surface area (Å²) in [6.45, 7) is 10.7. The molecule has 0 aliphatic heterocycles. The molecule has 0 spiro atoms. The van der Waals surface area contributed by atoms with Gasteiger partial charge in [0.15, 0.2) is 5.65 Å². The van der Waals surface area contributed by atoms with Crippen LogP contribution in [-0.2, 0) is 12.5 Å². The lowest BCUT2D eigenvalue weighted by Crippen LogP contribution is -2.28. The van der Waals surface area contributed by atoms with E-state index in [1.54, 1.807) is 4.68 Å². The van der Waals surface area contributed by atoms with Crippen molar-refractivity contribution in [2.75, 3.05) is 0 Å². The van der Waals surface area contributed by atoms with E-state index in [1.807, 2.05) is 20.0 Å². The molecule has 1 N–H and O–H groups in total. The van der Waals surface area contributed by atoms with Gasteiger partial charge in [0.05, 0.1) is 22.7 Å². The molecule has 1 aliphatic rings. The molecule has 1 aromatic carbocycles. The normalized spacial score (nSPS) is 15.4. The van der Waals surface area contributed by atoms with Crippen LogP contribution in [0.5, 0.6) is 0 Å². The van der Waals surface area contributed by atoms with Gasteiger partial charge < -0.3 is 5.32 Å². The minimum absolute atomic E-state index is 0.0314. The number of rotatable bonds is 5. The van der Waals surface area contributed by atoms with Crippen molar-refractivity contribution in [3.05, 3.63) is 58.4 Å². The van der Waals surface area contributed by atoms with Gasteiger partial charge in [-0.1, -0.05) is 52.0 Å². The van der Waals surface area contributed by atoms with Gasteiger partial charge in [0.2, 0.25) is 0 Å². The van der Waals surface area contributed by atoms with Crippen LogP contribution in [-0.4, -0.2) is 20.7 Å². The molecule has 5 heteroatoms. The maximum absolute atomic E-state index is 13.4. The predicted molar refractivity (Wildman–Crippen MR) is 121 cm³/mol. The van der Waals surface area contributed by atoms with Crippen LogP contribution in [0.15, 0.2) is 30.3 Å². The van der Waals surface area contributed by atoms with E-state index in [0.717, 1.165) is 47.2 Å². The molecule has 1 amide bonds. The quantitative estimate of drug-likeness (QED) is 0.625. The number of pyridine rings is 1. The summed E-state index contributed by atoms with van der Waals surface area (Å²) in [7, 11) is 1.90. The average Bonchev–Trinajstić information content (AvgIpc) is 3.51. The Kier molecular flexibility index (Phi) is 5.16. The van der Waals surface area contributed by atoms with Crippen molar-refractivity contribution >= 4 is 16.9 Å². The number of aryl methyl sites for hydroxylation is 2. The minimum atomic E-state index is -0.0489. The molecule has 0 unspecified atom stereocenters. The van der Waals surface area contributed by atoms with Crippen molar-refractivity contribution in [2.24, 2.45) is 7.05 Å². The molecule has 1 fully saturated rings. The predicted octanol–water partition coefficient (Wildman–Crippen LogP) is 5.33. The fraction of sp³-hybridized carbons (Fsp3) is 0.480. The largest absolute Gasteiger partial charge is 0.345 e. The smallest absolute Gasteiger partial charge is 0.252 e. The summed E-state index contributed by atoms with van der Waals surface area (Å²) in [6.07, 6.45) is 3.12. The first kappa shape index (κ1) is 20.6. The van der Waals surface area contributed by atoms with E-state index in [9.17, 15) is 4.79 Å². The van der Waals surface area contributed by atoms with Crippen LogP contribution in [0.2, 0.25) is 0 Å². The molecule has 0 bridgehead atoms. The van der Waals surface area contributed by atoms with Crippen molar-refractivity contribution in [3.8, 4) is 0 Å². The molecule has 0 radical (unpaired) electrons. The number of hydrogen-bond acceptors (Lipinski definition) is 3. The Hall–Kier alpha value is -2.69. The second-order valence-corrected chi connectivity index (χ2v) is 9.58. The molecule has 30 heavy (non-hydrogen) atoms. The Bertz CT molecular complexity index is 1090. The van der Waals surface area contributed by atoms with Crippen molar-refractivity contribution in [1.82, 2.24) is 20.1 Å². The lowest BCUT2D eigenvalue weighted by molar-refractivity contribution is 0.0937. The van der Waals surface area contributed by atoms with E-state index in [4.69, 9.17) is 4.98 Å². The summed E-state index contributed by atoms with van der Waals surface area (Å²) in [6, 6.07) is 10.6. The van der Waals surface area contributed by atoms with Gasteiger partial charge in [-0.15, -0.1) is 0 Å². The summed E-state index contributed by atoms with van der Waals surface area (Å²) in [5, 5.41) is 8.65. The SMILES string of the molecule is CC[C@H](NC(=O)c1cc(C2CC2)nc2c1c(C)nn2C)c1ccc(C(C)(C)C)cc1. The Labute approximate surface area is 178 Å². The summed E-state index contributed by atoms with van der Waals surface area (Å²) in [5.74, 6) is 0.426. The molecule has 0 saturated heterocycles. The maximum atomic E-state index is 13.4. The second-order valence-electron chi connectivity index (χ2n) is 9.58. The Morgan fingerprint density at radius 2 is 1.90 bits per heavy atom. The van der Waals surface area contributed by atoms with Crippen molar-refractivity contribution in [2.45, 2.75) is 71.3 Å². The van der Waals surface area contributed by atoms with E-state index in [0.29, 0.717) is 11.5 Å². The molecule has 5 nitrogen and oxygen atoms in total. The zero-order valence-corrected chi connectivity index (χ0v) is 18.9. The van der Waals surface area contributed by atoms with Gasteiger partial charge in [0.25, 0.3) is 5.91 Å². The second kappa shape index (κ2) is 7.53. The highest BCUT2D eigenvalue weighted by Gasteiger charge is 2.29. The third kappa shape index (κ3) is 3.85. The van der Waals surface area contributed by atoms with Crippen LogP contribution in [0.3, 0.4) is 0 Å². The summed E-state index contributed by atoms with van der Waals surface area (Å²) >= 11 is 0. The van der Waals surface area contributed by atoms with E-state index in [1.165, 1.54) is 5.56 Å². The fourth-order valence-electron chi connectivity index (χ4n) is 4.10. The molecule has 4 rings (SSSR count). The van der Waals surface area contributed by atoms with Gasteiger partial charge in [0, 0.05) is 18.7 Å². The molecule has 1 aliphatic carbocycles. The number of nitrogens with one attached hydrogen (secondary N) is 1. The number of carbonyl (C=O) groups excluding carboxylic acids is 1. The zero-order chi connectivity index (χ0) is 21.6. The van der Waals surface area contributed by atoms with Crippen molar-refractivity contribution in [3.63, 3.8) is 0 Å². The number of fused-ring (bicyclic) bond motifs is 1.